The van der Waals surface area contributed by atoms with Gasteiger partial charge in [-0.2, -0.15) is 0 Å². The van der Waals surface area contributed by atoms with Gasteiger partial charge in [0.15, 0.2) is 6.20 Å². The van der Waals surface area contributed by atoms with Crippen LogP contribution in [0.1, 0.15) is 81.3 Å². The lowest BCUT2D eigenvalue weighted by Gasteiger charge is -2.36. The van der Waals surface area contributed by atoms with Gasteiger partial charge in [0.1, 0.15) is 7.05 Å². The van der Waals surface area contributed by atoms with E-state index in [0.29, 0.717) is 0 Å². The Bertz CT molecular complexity index is 1130. The molecule has 0 saturated heterocycles. The molecule has 3 aromatic rings. The van der Waals surface area contributed by atoms with Crippen LogP contribution < -0.4 is 9.75 Å². The van der Waals surface area contributed by atoms with Crippen LogP contribution in [0.2, 0.25) is 18.6 Å². The molecule has 2 aliphatic rings. The Balaban J connectivity index is 1.57. The monoisotopic (exact) mass is 456 g/mol. The maximum Gasteiger partial charge on any atom is 0.220 e. The molecule has 1 heterocycles. The minimum absolute atomic E-state index is 0.743. The summed E-state index contributed by atoms with van der Waals surface area (Å²) in [6, 6.07) is 17.1. The summed E-state index contributed by atoms with van der Waals surface area (Å²) in [4.78, 5) is 0. The van der Waals surface area contributed by atoms with Gasteiger partial charge in [0.2, 0.25) is 5.69 Å². The summed E-state index contributed by atoms with van der Waals surface area (Å²) in [6.07, 6.45) is 16.4. The molecule has 2 saturated carbocycles. The van der Waals surface area contributed by atoms with Crippen LogP contribution in [0, 0.1) is 6.92 Å². The van der Waals surface area contributed by atoms with Crippen molar-refractivity contribution in [2.45, 2.75) is 95.7 Å². The fourth-order valence-electron chi connectivity index (χ4n) is 6.75. The number of aromatic nitrogens is 1. The Kier molecular flexibility index (Phi) is 6.49. The molecule has 2 aliphatic carbocycles. The molecule has 2 heteroatoms. The van der Waals surface area contributed by atoms with Crippen LogP contribution in [0.4, 0.5) is 0 Å². The molecule has 0 spiro atoms. The van der Waals surface area contributed by atoms with Gasteiger partial charge in [0, 0.05) is 11.6 Å². The first kappa shape index (κ1) is 22.8. The van der Waals surface area contributed by atoms with Crippen molar-refractivity contribution in [3.63, 3.8) is 0 Å². The van der Waals surface area contributed by atoms with Crippen molar-refractivity contribution in [2.24, 2.45) is 7.05 Å². The third-order valence-electron chi connectivity index (χ3n) is 9.10. The molecule has 33 heavy (non-hydrogen) atoms. The SMILES string of the molecule is Cc1ccc(C2CCCCC2)cc1-c1c2ccc([Si](C)(C)C3CCCCC3)cc2cc[n+]1C. The number of fused-ring (bicyclic) bond motifs is 1. The van der Waals surface area contributed by atoms with Gasteiger partial charge in [-0.25, -0.2) is 4.57 Å². The van der Waals surface area contributed by atoms with Gasteiger partial charge < -0.3 is 0 Å². The summed E-state index contributed by atoms with van der Waals surface area (Å²) in [5, 5.41) is 4.47. The fourth-order valence-corrected chi connectivity index (χ4v) is 10.1. The maximum absolute atomic E-state index is 2.62. The van der Waals surface area contributed by atoms with Gasteiger partial charge in [-0.15, -0.1) is 0 Å². The molecule has 1 aromatic heterocycles. The summed E-state index contributed by atoms with van der Waals surface area (Å²) in [5.41, 5.74) is 6.68. The summed E-state index contributed by atoms with van der Waals surface area (Å²) >= 11 is 0. The molecule has 5 rings (SSSR count). The Labute approximate surface area is 202 Å². The number of pyridine rings is 1. The molecule has 174 valence electrons. The van der Waals surface area contributed by atoms with Crippen molar-refractivity contribution in [2.75, 3.05) is 0 Å². The van der Waals surface area contributed by atoms with Crippen molar-refractivity contribution in [1.29, 1.82) is 0 Å². The van der Waals surface area contributed by atoms with E-state index in [2.05, 4.69) is 80.3 Å². The van der Waals surface area contributed by atoms with E-state index >= 15 is 0 Å². The number of rotatable bonds is 4. The van der Waals surface area contributed by atoms with Crippen molar-refractivity contribution in [3.8, 4) is 11.3 Å². The molecular weight excluding hydrogens is 414 g/mol. The molecule has 0 amide bonds. The van der Waals surface area contributed by atoms with Gasteiger partial charge in [-0.05, 0) is 59.9 Å². The first-order valence-corrected chi connectivity index (χ1v) is 16.6. The maximum atomic E-state index is 2.62. The van der Waals surface area contributed by atoms with E-state index in [4.69, 9.17) is 0 Å². The van der Waals surface area contributed by atoms with Crippen LogP contribution in [-0.4, -0.2) is 8.07 Å². The van der Waals surface area contributed by atoms with Gasteiger partial charge in [0.05, 0.1) is 13.5 Å². The van der Waals surface area contributed by atoms with Crippen molar-refractivity contribution < 1.29 is 4.57 Å². The summed E-state index contributed by atoms with van der Waals surface area (Å²) in [5.74, 6) is 0.743. The largest absolute Gasteiger partial charge is 0.220 e. The Morgan fingerprint density at radius 2 is 1.48 bits per heavy atom. The highest BCUT2D eigenvalue weighted by atomic mass is 28.3. The molecule has 1 nitrogen and oxygen atoms in total. The zero-order valence-electron chi connectivity index (χ0n) is 21.3. The van der Waals surface area contributed by atoms with E-state index in [-0.39, 0.29) is 0 Å². The third kappa shape index (κ3) is 4.44. The topological polar surface area (TPSA) is 3.88 Å². The summed E-state index contributed by atoms with van der Waals surface area (Å²) in [7, 11) is 0.763. The molecule has 0 atom stereocenters. The number of aryl methyl sites for hydroxylation is 2. The zero-order valence-corrected chi connectivity index (χ0v) is 22.3. The molecule has 2 fully saturated rings. The number of benzene rings is 2. The summed E-state index contributed by atoms with van der Waals surface area (Å²) < 4.78 is 2.35. The second-order valence-electron chi connectivity index (χ2n) is 11.5. The Hall–Kier alpha value is -1.93. The molecule has 0 bridgehead atoms. The first-order valence-electron chi connectivity index (χ1n) is 13.5. The Morgan fingerprint density at radius 1 is 0.788 bits per heavy atom. The van der Waals surface area contributed by atoms with E-state index in [1.54, 1.807) is 10.8 Å². The zero-order chi connectivity index (χ0) is 23.0. The molecule has 0 N–H and O–H groups in total. The quantitative estimate of drug-likeness (QED) is 0.277. The lowest BCUT2D eigenvalue weighted by molar-refractivity contribution is -0.659. The molecule has 0 unspecified atom stereocenters. The third-order valence-corrected chi connectivity index (χ3v) is 13.5. The van der Waals surface area contributed by atoms with Crippen LogP contribution in [0.5, 0.6) is 0 Å². The molecular formula is C31H42NSi+. The van der Waals surface area contributed by atoms with E-state index in [9.17, 15) is 0 Å². The lowest BCUT2D eigenvalue weighted by Crippen LogP contribution is -2.46. The van der Waals surface area contributed by atoms with E-state index in [1.165, 1.54) is 91.8 Å². The molecule has 0 aliphatic heterocycles. The fraction of sp³-hybridized carbons (Fsp3) is 0.516. The second-order valence-corrected chi connectivity index (χ2v) is 16.4. The van der Waals surface area contributed by atoms with Crippen LogP contribution >= 0.6 is 0 Å². The van der Waals surface area contributed by atoms with Crippen LogP contribution in [0.25, 0.3) is 22.0 Å². The van der Waals surface area contributed by atoms with Gasteiger partial charge in [0.25, 0.3) is 0 Å². The highest BCUT2D eigenvalue weighted by Crippen LogP contribution is 2.38. The van der Waals surface area contributed by atoms with Crippen molar-refractivity contribution in [1.82, 2.24) is 0 Å². The number of hydrogen-bond acceptors (Lipinski definition) is 0. The standard InChI is InChI=1S/C31H42NSi/c1-23-15-16-25(24-11-7-5-8-12-24)22-30(23)31-29-18-17-28(21-26(29)19-20-32(31)2)33(3,4)27-13-9-6-10-14-27/h15-22,24,27H,5-14H2,1-4H3/q+1. The van der Waals surface area contributed by atoms with Crippen LogP contribution in [0.3, 0.4) is 0 Å². The summed E-state index contributed by atoms with van der Waals surface area (Å²) in [6.45, 7) is 7.52. The minimum atomic E-state index is -1.46. The van der Waals surface area contributed by atoms with E-state index < -0.39 is 8.07 Å². The second kappa shape index (κ2) is 9.37. The average Bonchev–Trinajstić information content (AvgIpc) is 2.85. The van der Waals surface area contributed by atoms with Crippen LogP contribution in [-0.2, 0) is 7.05 Å². The average molecular weight is 457 g/mol. The highest BCUT2D eigenvalue weighted by molar-refractivity contribution is 6.91. The molecule has 2 aromatic carbocycles. The van der Waals surface area contributed by atoms with Gasteiger partial charge in [-0.1, -0.05) is 93.9 Å². The van der Waals surface area contributed by atoms with Crippen molar-refractivity contribution in [3.05, 3.63) is 59.8 Å². The first-order chi connectivity index (χ1) is 15.9. The predicted octanol–water partition coefficient (Wildman–Crippen LogP) is 7.94. The van der Waals surface area contributed by atoms with Gasteiger partial charge >= 0.3 is 0 Å². The minimum Gasteiger partial charge on any atom is -0.200 e. The van der Waals surface area contributed by atoms with Crippen LogP contribution in [0.15, 0.2) is 48.7 Å². The number of nitrogens with zero attached hydrogens (tertiary/aromatic N) is 1. The molecule has 0 radical (unpaired) electrons. The van der Waals surface area contributed by atoms with E-state index in [0.717, 1.165) is 11.5 Å². The smallest absolute Gasteiger partial charge is 0.200 e. The highest BCUT2D eigenvalue weighted by Gasteiger charge is 2.34. The predicted molar refractivity (Wildman–Crippen MR) is 145 cm³/mol. The normalized spacial score (nSPS) is 18.7. The van der Waals surface area contributed by atoms with Gasteiger partial charge in [-0.3, -0.25) is 0 Å². The lowest BCUT2D eigenvalue weighted by atomic mass is 9.82. The Morgan fingerprint density at radius 3 is 2.21 bits per heavy atom. The number of hydrogen-bond donors (Lipinski definition) is 0. The van der Waals surface area contributed by atoms with E-state index in [1.807, 2.05) is 0 Å². The van der Waals surface area contributed by atoms with Crippen molar-refractivity contribution >= 4 is 24.0 Å².